The number of carbonyl (C=O) groups excluding carboxylic acids is 1. The third-order valence-corrected chi connectivity index (χ3v) is 4.08. The van der Waals surface area contributed by atoms with E-state index in [1.807, 2.05) is 44.2 Å². The zero-order valence-corrected chi connectivity index (χ0v) is 12.5. The van der Waals surface area contributed by atoms with Crippen LogP contribution in [0.4, 0.5) is 5.69 Å². The summed E-state index contributed by atoms with van der Waals surface area (Å²) in [5.74, 6) is -0.804. The van der Waals surface area contributed by atoms with E-state index in [1.165, 1.54) is 0 Å². The van der Waals surface area contributed by atoms with Crippen molar-refractivity contribution in [1.82, 2.24) is 4.90 Å². The van der Waals surface area contributed by atoms with Crippen molar-refractivity contribution in [3.8, 4) is 0 Å². The summed E-state index contributed by atoms with van der Waals surface area (Å²) in [5, 5.41) is 9.31. The molecule has 1 N–H and O–H groups in total. The number of rotatable bonds is 5. The van der Waals surface area contributed by atoms with Crippen molar-refractivity contribution >= 4 is 17.6 Å². The zero-order chi connectivity index (χ0) is 15.4. The second-order valence-electron chi connectivity index (χ2n) is 5.49. The highest BCUT2D eigenvalue weighted by molar-refractivity contribution is 5.95. The number of carboxylic acid groups (broad SMARTS) is 1. The molecule has 0 saturated carbocycles. The van der Waals surface area contributed by atoms with E-state index >= 15 is 0 Å². The second kappa shape index (κ2) is 6.72. The van der Waals surface area contributed by atoms with Crippen LogP contribution in [0, 0.1) is 5.92 Å². The van der Waals surface area contributed by atoms with Crippen LogP contribution < -0.4 is 4.90 Å². The third-order valence-electron chi connectivity index (χ3n) is 4.08. The molecule has 1 heterocycles. The highest BCUT2D eigenvalue weighted by atomic mass is 16.4. The number of anilines is 1. The predicted octanol–water partition coefficient (Wildman–Crippen LogP) is 1.83. The molecule has 2 rings (SSSR count). The normalized spacial score (nSPS) is 22.2. The number of hydrogen-bond donors (Lipinski definition) is 1. The number of likely N-dealkylation sites (N-methyl/N-ethyl adjacent to an activating group) is 1. The third kappa shape index (κ3) is 3.42. The van der Waals surface area contributed by atoms with Crippen molar-refractivity contribution < 1.29 is 14.7 Å². The van der Waals surface area contributed by atoms with Gasteiger partial charge in [-0.1, -0.05) is 25.1 Å². The van der Waals surface area contributed by atoms with Gasteiger partial charge in [0.1, 0.15) is 6.04 Å². The lowest BCUT2D eigenvalue weighted by Gasteiger charge is -2.27. The van der Waals surface area contributed by atoms with Crippen molar-refractivity contribution in [3.05, 3.63) is 30.3 Å². The molecule has 1 aliphatic heterocycles. The van der Waals surface area contributed by atoms with Gasteiger partial charge >= 0.3 is 5.97 Å². The molecular formula is C16H22N2O3. The van der Waals surface area contributed by atoms with Gasteiger partial charge in [0.15, 0.2) is 0 Å². The van der Waals surface area contributed by atoms with E-state index in [9.17, 15) is 14.7 Å². The van der Waals surface area contributed by atoms with Crippen LogP contribution in [0.5, 0.6) is 0 Å². The van der Waals surface area contributed by atoms with E-state index in [2.05, 4.69) is 0 Å². The lowest BCUT2D eigenvalue weighted by atomic mass is 10.0. The molecule has 0 aromatic heterocycles. The molecule has 21 heavy (non-hydrogen) atoms. The first-order valence-corrected chi connectivity index (χ1v) is 7.36. The zero-order valence-electron chi connectivity index (χ0n) is 12.5. The van der Waals surface area contributed by atoms with E-state index in [1.54, 1.807) is 9.80 Å². The average molecular weight is 290 g/mol. The Morgan fingerprint density at radius 3 is 2.57 bits per heavy atom. The molecule has 1 fully saturated rings. The molecule has 1 amide bonds. The number of hydrogen-bond acceptors (Lipinski definition) is 3. The fraction of sp³-hybridized carbons (Fsp3) is 0.500. The molecule has 0 aliphatic carbocycles. The number of likely N-dealkylation sites (tertiary alicyclic amines) is 1. The van der Waals surface area contributed by atoms with Gasteiger partial charge in [-0.05, 0) is 37.9 Å². The summed E-state index contributed by atoms with van der Waals surface area (Å²) < 4.78 is 0. The monoisotopic (exact) mass is 290 g/mol. The minimum absolute atomic E-state index is 0.0518. The number of carbonyl (C=O) groups is 2. The molecule has 1 saturated heterocycles. The van der Waals surface area contributed by atoms with Gasteiger partial charge in [0.05, 0.1) is 6.54 Å². The molecule has 0 radical (unpaired) electrons. The summed E-state index contributed by atoms with van der Waals surface area (Å²) in [5.41, 5.74) is 0.851. The van der Waals surface area contributed by atoms with Crippen LogP contribution in [-0.2, 0) is 9.59 Å². The van der Waals surface area contributed by atoms with E-state index in [4.69, 9.17) is 0 Å². The second-order valence-corrected chi connectivity index (χ2v) is 5.49. The minimum Gasteiger partial charge on any atom is -0.480 e. The Morgan fingerprint density at radius 2 is 2.00 bits per heavy atom. The number of aliphatic carboxylic acids is 1. The van der Waals surface area contributed by atoms with Gasteiger partial charge < -0.3 is 10.0 Å². The molecule has 5 nitrogen and oxygen atoms in total. The first-order valence-electron chi connectivity index (χ1n) is 7.36. The van der Waals surface area contributed by atoms with Crippen LogP contribution in [0.15, 0.2) is 30.3 Å². The minimum atomic E-state index is -0.837. The van der Waals surface area contributed by atoms with Gasteiger partial charge in [0, 0.05) is 12.2 Å². The van der Waals surface area contributed by atoms with Crippen molar-refractivity contribution in [3.63, 3.8) is 0 Å². The van der Waals surface area contributed by atoms with Crippen molar-refractivity contribution in [1.29, 1.82) is 0 Å². The molecule has 2 unspecified atom stereocenters. The lowest BCUT2D eigenvalue weighted by Crippen LogP contribution is -2.46. The largest absolute Gasteiger partial charge is 0.480 e. The smallest absolute Gasteiger partial charge is 0.321 e. The Labute approximate surface area is 125 Å². The number of nitrogens with zero attached hydrogens (tertiary/aromatic N) is 2. The molecule has 0 bridgehead atoms. The van der Waals surface area contributed by atoms with Crippen LogP contribution in [0.3, 0.4) is 0 Å². The summed E-state index contributed by atoms with van der Waals surface area (Å²) in [6.45, 7) is 5.24. The van der Waals surface area contributed by atoms with Gasteiger partial charge in [-0.3, -0.25) is 14.5 Å². The highest BCUT2D eigenvalue weighted by Crippen LogP contribution is 2.24. The number of benzene rings is 1. The Kier molecular flexibility index (Phi) is 4.96. The molecule has 5 heteroatoms. The first kappa shape index (κ1) is 15.5. The molecule has 114 valence electrons. The fourth-order valence-corrected chi connectivity index (χ4v) is 2.97. The van der Waals surface area contributed by atoms with E-state index < -0.39 is 12.0 Å². The van der Waals surface area contributed by atoms with Crippen LogP contribution in [-0.4, -0.2) is 47.6 Å². The molecule has 1 aliphatic rings. The highest BCUT2D eigenvalue weighted by Gasteiger charge is 2.38. The van der Waals surface area contributed by atoms with E-state index in [-0.39, 0.29) is 18.4 Å². The van der Waals surface area contributed by atoms with E-state index in [0.29, 0.717) is 13.1 Å². The Hall–Kier alpha value is -1.88. The van der Waals surface area contributed by atoms with Gasteiger partial charge in [-0.2, -0.15) is 0 Å². The molecule has 2 atom stereocenters. The van der Waals surface area contributed by atoms with Gasteiger partial charge in [-0.15, -0.1) is 0 Å². The average Bonchev–Trinajstić information content (AvgIpc) is 2.81. The SMILES string of the molecule is CCN(C(=O)CN1CCC(C)C1C(=O)O)c1ccccc1. The maximum atomic E-state index is 12.5. The number of para-hydroxylation sites is 1. The number of amides is 1. The van der Waals surface area contributed by atoms with Crippen LogP contribution in [0.1, 0.15) is 20.3 Å². The topological polar surface area (TPSA) is 60.9 Å². The maximum Gasteiger partial charge on any atom is 0.321 e. The van der Waals surface area contributed by atoms with Crippen molar-refractivity contribution in [2.24, 2.45) is 5.92 Å². The summed E-state index contributed by atoms with van der Waals surface area (Å²) in [6.07, 6.45) is 0.821. The predicted molar refractivity (Wildman–Crippen MR) is 81.2 cm³/mol. The van der Waals surface area contributed by atoms with Crippen LogP contribution in [0.2, 0.25) is 0 Å². The molecule has 1 aromatic carbocycles. The summed E-state index contributed by atoms with van der Waals surface area (Å²) in [4.78, 5) is 27.3. The summed E-state index contributed by atoms with van der Waals surface area (Å²) in [6, 6.07) is 8.92. The number of carboxylic acids is 1. The Bertz CT molecular complexity index is 504. The van der Waals surface area contributed by atoms with Crippen molar-refractivity contribution in [2.45, 2.75) is 26.3 Å². The summed E-state index contributed by atoms with van der Waals surface area (Å²) >= 11 is 0. The van der Waals surface area contributed by atoms with Crippen molar-refractivity contribution in [2.75, 3.05) is 24.5 Å². The lowest BCUT2D eigenvalue weighted by molar-refractivity contribution is -0.143. The Morgan fingerprint density at radius 1 is 1.33 bits per heavy atom. The van der Waals surface area contributed by atoms with Gasteiger partial charge in [-0.25, -0.2) is 0 Å². The maximum absolute atomic E-state index is 12.5. The molecule has 0 spiro atoms. The molecule has 1 aromatic rings. The molecular weight excluding hydrogens is 268 g/mol. The fourth-order valence-electron chi connectivity index (χ4n) is 2.97. The van der Waals surface area contributed by atoms with Crippen LogP contribution >= 0.6 is 0 Å². The van der Waals surface area contributed by atoms with Crippen LogP contribution in [0.25, 0.3) is 0 Å². The first-order chi connectivity index (χ1) is 10.0. The quantitative estimate of drug-likeness (QED) is 0.899. The van der Waals surface area contributed by atoms with Gasteiger partial charge in [0.2, 0.25) is 5.91 Å². The summed E-state index contributed by atoms with van der Waals surface area (Å²) in [7, 11) is 0. The Balaban J connectivity index is 2.08. The standard InChI is InChI=1S/C16H22N2O3/c1-3-18(13-7-5-4-6-8-13)14(19)11-17-10-9-12(2)15(17)16(20)21/h4-8,12,15H,3,9-11H2,1-2H3,(H,20,21). The van der Waals surface area contributed by atoms with E-state index in [0.717, 1.165) is 12.1 Å². The van der Waals surface area contributed by atoms with Gasteiger partial charge in [0.25, 0.3) is 0 Å².